The lowest BCUT2D eigenvalue weighted by molar-refractivity contribution is -0.137. The number of ketones is 1. The Morgan fingerprint density at radius 1 is 1.32 bits per heavy atom. The largest absolute Gasteiger partial charge is 0.418 e. The van der Waals surface area contributed by atoms with Crippen LogP contribution in [0.5, 0.6) is 0 Å². The van der Waals surface area contributed by atoms with Gasteiger partial charge in [0.05, 0.1) is 11.3 Å². The molecule has 0 aliphatic heterocycles. The Balaban J connectivity index is 3.38. The summed E-state index contributed by atoms with van der Waals surface area (Å²) in [6.45, 7) is 1.10. The smallest absolute Gasteiger partial charge is 0.330 e. The van der Waals surface area contributed by atoms with Gasteiger partial charge in [-0.05, 0) is 18.7 Å². The van der Waals surface area contributed by atoms with Gasteiger partial charge in [0.2, 0.25) is 5.91 Å². The molecule has 0 aliphatic rings. The molecule has 0 spiro atoms. The summed E-state index contributed by atoms with van der Waals surface area (Å²) in [7, 11) is 0. The lowest BCUT2D eigenvalue weighted by Crippen LogP contribution is -2.18. The van der Waals surface area contributed by atoms with Gasteiger partial charge in [-0.2, -0.15) is 13.2 Å². The Kier molecular flexibility index (Phi) is 4.66. The van der Waals surface area contributed by atoms with Crippen LogP contribution in [0, 0.1) is 0 Å². The maximum Gasteiger partial charge on any atom is 0.418 e. The van der Waals surface area contributed by atoms with Crippen molar-refractivity contribution >= 4 is 17.4 Å². The minimum Gasteiger partial charge on any atom is -0.330 e. The predicted octanol–water partition coefficient (Wildman–Crippen LogP) is 2.20. The highest BCUT2D eigenvalue weighted by Gasteiger charge is 2.35. The molecule has 0 bridgehead atoms. The van der Waals surface area contributed by atoms with Gasteiger partial charge >= 0.3 is 6.18 Å². The average molecular weight is 274 g/mol. The Hall–Kier alpha value is -1.89. The van der Waals surface area contributed by atoms with Crippen LogP contribution in [0.3, 0.4) is 0 Å². The van der Waals surface area contributed by atoms with Crippen LogP contribution < -0.4 is 11.1 Å². The number of para-hydroxylation sites is 1. The third-order valence-electron chi connectivity index (χ3n) is 2.34. The monoisotopic (exact) mass is 274 g/mol. The summed E-state index contributed by atoms with van der Waals surface area (Å²) in [5.74, 6) is -1.23. The van der Waals surface area contributed by atoms with Crippen LogP contribution >= 0.6 is 0 Å². The minimum absolute atomic E-state index is 0.0224. The zero-order chi connectivity index (χ0) is 14.6. The predicted molar refractivity (Wildman–Crippen MR) is 63.7 cm³/mol. The van der Waals surface area contributed by atoms with Crippen molar-refractivity contribution < 1.29 is 22.8 Å². The normalized spacial score (nSPS) is 11.2. The highest BCUT2D eigenvalue weighted by atomic mass is 19.4. The summed E-state index contributed by atoms with van der Waals surface area (Å²) in [6, 6.07) is 3.17. The molecule has 104 valence electrons. The number of nitrogens with two attached hydrogens (primary N) is 1. The quantitative estimate of drug-likeness (QED) is 0.827. The summed E-state index contributed by atoms with van der Waals surface area (Å²) < 4.78 is 38.5. The SMILES string of the molecule is CC(=O)Nc1c(C(=O)CCN)cccc1C(F)(F)F. The zero-order valence-corrected chi connectivity index (χ0v) is 10.2. The molecule has 1 rings (SSSR count). The second-order valence-corrected chi connectivity index (χ2v) is 3.87. The van der Waals surface area contributed by atoms with E-state index in [0.29, 0.717) is 0 Å². The van der Waals surface area contributed by atoms with Crippen LogP contribution in [0.15, 0.2) is 18.2 Å². The summed E-state index contributed by atoms with van der Waals surface area (Å²) in [6.07, 6.45) is -4.75. The van der Waals surface area contributed by atoms with Crippen LogP contribution in [-0.2, 0) is 11.0 Å². The first-order valence-corrected chi connectivity index (χ1v) is 5.48. The first-order chi connectivity index (χ1) is 8.77. The molecule has 0 atom stereocenters. The van der Waals surface area contributed by atoms with Crippen molar-refractivity contribution in [2.45, 2.75) is 19.5 Å². The first kappa shape index (κ1) is 15.2. The molecule has 1 amide bonds. The van der Waals surface area contributed by atoms with Crippen LogP contribution in [0.4, 0.5) is 18.9 Å². The number of hydrogen-bond acceptors (Lipinski definition) is 3. The molecule has 0 aromatic heterocycles. The van der Waals surface area contributed by atoms with E-state index in [1.165, 1.54) is 6.07 Å². The molecule has 3 N–H and O–H groups in total. The maximum absolute atomic E-state index is 12.8. The number of benzene rings is 1. The van der Waals surface area contributed by atoms with Crippen molar-refractivity contribution in [2.24, 2.45) is 5.73 Å². The van der Waals surface area contributed by atoms with Crippen LogP contribution in [0.25, 0.3) is 0 Å². The zero-order valence-electron chi connectivity index (χ0n) is 10.2. The number of hydrogen-bond donors (Lipinski definition) is 2. The van der Waals surface area contributed by atoms with Gasteiger partial charge in [0.15, 0.2) is 5.78 Å². The minimum atomic E-state index is -4.66. The molecule has 0 saturated heterocycles. The number of anilines is 1. The molecular weight excluding hydrogens is 261 g/mol. The van der Waals surface area contributed by atoms with E-state index >= 15 is 0 Å². The average Bonchev–Trinajstić information content (AvgIpc) is 2.27. The molecule has 0 unspecified atom stereocenters. The standard InChI is InChI=1S/C12H13F3N2O2/c1-7(18)17-11-8(10(19)5-6-16)3-2-4-9(11)12(13,14)15/h2-4H,5-6,16H2,1H3,(H,17,18). The van der Waals surface area contributed by atoms with Crippen LogP contribution in [0.2, 0.25) is 0 Å². The van der Waals surface area contributed by atoms with Crippen LogP contribution in [-0.4, -0.2) is 18.2 Å². The van der Waals surface area contributed by atoms with E-state index in [2.05, 4.69) is 5.32 Å². The topological polar surface area (TPSA) is 72.2 Å². The van der Waals surface area contributed by atoms with E-state index in [4.69, 9.17) is 5.73 Å². The van der Waals surface area contributed by atoms with Crippen molar-refractivity contribution in [3.05, 3.63) is 29.3 Å². The molecule has 7 heteroatoms. The number of Topliss-reactive ketones (excluding diaryl/α,β-unsaturated/α-hetero) is 1. The van der Waals surface area contributed by atoms with Gasteiger partial charge < -0.3 is 11.1 Å². The number of alkyl halides is 3. The van der Waals surface area contributed by atoms with Crippen molar-refractivity contribution in [1.82, 2.24) is 0 Å². The molecule has 4 nitrogen and oxygen atoms in total. The molecule has 1 aromatic carbocycles. The van der Waals surface area contributed by atoms with E-state index < -0.39 is 29.1 Å². The highest BCUT2D eigenvalue weighted by Crippen LogP contribution is 2.37. The van der Waals surface area contributed by atoms with Crippen molar-refractivity contribution in [3.63, 3.8) is 0 Å². The van der Waals surface area contributed by atoms with Crippen molar-refractivity contribution in [2.75, 3.05) is 11.9 Å². The van der Waals surface area contributed by atoms with Gasteiger partial charge in [-0.1, -0.05) is 6.07 Å². The molecular formula is C12H13F3N2O2. The first-order valence-electron chi connectivity index (χ1n) is 5.48. The van der Waals surface area contributed by atoms with E-state index in [9.17, 15) is 22.8 Å². The van der Waals surface area contributed by atoms with Crippen molar-refractivity contribution in [3.8, 4) is 0 Å². The van der Waals surface area contributed by atoms with Gasteiger partial charge in [-0.3, -0.25) is 9.59 Å². The van der Waals surface area contributed by atoms with Gasteiger partial charge in [0.25, 0.3) is 0 Å². The molecule has 19 heavy (non-hydrogen) atoms. The maximum atomic E-state index is 12.8. The second kappa shape index (κ2) is 5.83. The lowest BCUT2D eigenvalue weighted by atomic mass is 10.0. The summed E-state index contributed by atoms with van der Waals surface area (Å²) in [5.41, 5.74) is 3.46. The lowest BCUT2D eigenvalue weighted by Gasteiger charge is -2.16. The fourth-order valence-corrected chi connectivity index (χ4v) is 1.60. The number of carbonyl (C=O) groups is 2. The Labute approximate surface area is 107 Å². The number of carbonyl (C=O) groups excluding carboxylic acids is 2. The number of halogens is 3. The molecule has 0 radical (unpaired) electrons. The molecule has 0 fully saturated rings. The molecule has 0 aliphatic carbocycles. The Morgan fingerprint density at radius 3 is 2.42 bits per heavy atom. The Morgan fingerprint density at radius 2 is 1.95 bits per heavy atom. The van der Waals surface area contributed by atoms with Gasteiger partial charge in [-0.25, -0.2) is 0 Å². The second-order valence-electron chi connectivity index (χ2n) is 3.87. The molecule has 0 saturated carbocycles. The molecule has 1 aromatic rings. The van der Waals surface area contributed by atoms with E-state index in [1.807, 2.05) is 0 Å². The van der Waals surface area contributed by atoms with Gasteiger partial charge in [-0.15, -0.1) is 0 Å². The van der Waals surface area contributed by atoms with E-state index in [0.717, 1.165) is 19.1 Å². The number of nitrogens with one attached hydrogen (secondary N) is 1. The van der Waals surface area contributed by atoms with Crippen molar-refractivity contribution in [1.29, 1.82) is 0 Å². The third kappa shape index (κ3) is 3.78. The third-order valence-corrected chi connectivity index (χ3v) is 2.34. The van der Waals surface area contributed by atoms with E-state index in [-0.39, 0.29) is 18.5 Å². The highest BCUT2D eigenvalue weighted by molar-refractivity contribution is 6.05. The van der Waals surface area contributed by atoms with Crippen LogP contribution in [0.1, 0.15) is 29.3 Å². The summed E-state index contributed by atoms with van der Waals surface area (Å²) in [4.78, 5) is 22.7. The fourth-order valence-electron chi connectivity index (χ4n) is 1.60. The number of rotatable bonds is 4. The van der Waals surface area contributed by atoms with Gasteiger partial charge in [0, 0.05) is 18.9 Å². The van der Waals surface area contributed by atoms with E-state index in [1.54, 1.807) is 0 Å². The summed E-state index contributed by atoms with van der Waals surface area (Å²) >= 11 is 0. The molecule has 0 heterocycles. The van der Waals surface area contributed by atoms with Gasteiger partial charge in [0.1, 0.15) is 0 Å². The summed E-state index contributed by atoms with van der Waals surface area (Å²) in [5, 5.41) is 2.07. The fraction of sp³-hybridized carbons (Fsp3) is 0.333. The Bertz CT molecular complexity index is 498. The number of amides is 1.